The van der Waals surface area contributed by atoms with Crippen LogP contribution >= 0.6 is 11.3 Å². The van der Waals surface area contributed by atoms with Crippen molar-refractivity contribution in [3.63, 3.8) is 0 Å². The Kier molecular flexibility index (Phi) is 8.78. The number of pyridine rings is 1. The van der Waals surface area contributed by atoms with Gasteiger partial charge < -0.3 is 20.9 Å². The van der Waals surface area contributed by atoms with Gasteiger partial charge in [-0.1, -0.05) is 39.3 Å². The number of fused-ring (bicyclic) bond motifs is 3. The zero-order valence-corrected chi connectivity index (χ0v) is 30.1. The van der Waals surface area contributed by atoms with Gasteiger partial charge in [-0.3, -0.25) is 14.4 Å². The monoisotopic (exact) mass is 709 g/mol. The van der Waals surface area contributed by atoms with Crippen molar-refractivity contribution in [3.05, 3.63) is 41.6 Å². The summed E-state index contributed by atoms with van der Waals surface area (Å²) >= 11 is 1.47. The van der Waals surface area contributed by atoms with Gasteiger partial charge in [-0.2, -0.15) is 0 Å². The van der Waals surface area contributed by atoms with Crippen LogP contribution in [0.2, 0.25) is 0 Å². The predicted octanol–water partition coefficient (Wildman–Crippen LogP) is 4.23. The van der Waals surface area contributed by atoms with E-state index in [-0.39, 0.29) is 45.7 Å². The Balaban J connectivity index is 1.15. The van der Waals surface area contributed by atoms with Crippen LogP contribution in [0, 0.1) is 22.7 Å². The first-order chi connectivity index (χ1) is 23.4. The van der Waals surface area contributed by atoms with Crippen molar-refractivity contribution in [2.24, 2.45) is 22.7 Å². The first-order valence-corrected chi connectivity index (χ1v) is 20.1. The highest BCUT2D eigenvalue weighted by molar-refractivity contribution is 7.90. The summed E-state index contributed by atoms with van der Waals surface area (Å²) in [5, 5.41) is 12.1. The van der Waals surface area contributed by atoms with E-state index in [4.69, 9.17) is 0 Å². The molecular weight excluding hydrogens is 663 g/mol. The minimum Gasteiger partial charge on any atom is -0.369 e. The molecule has 2 aliphatic heterocycles. The number of nitrogens with one attached hydrogen (secondary N) is 4. The Bertz CT molecular complexity index is 1770. The number of sulfonamides is 1. The SMILES string of the molecule is CCc1csc(NC(C(=O)N2CC3(C[C@H]2C(=O)N[C@]24C[C@H]2/C=C\CCCCCNc2ncccc2S(=O)(=O)NC4=O)CC32CC2)C(C)C)n1. The van der Waals surface area contributed by atoms with Crippen molar-refractivity contribution in [2.45, 2.75) is 107 Å². The van der Waals surface area contributed by atoms with E-state index in [2.05, 4.69) is 30.6 Å². The number of hydrogen-bond donors (Lipinski definition) is 4. The third-order valence-corrected chi connectivity index (χ3v) is 13.6. The molecule has 12 nitrogen and oxygen atoms in total. The zero-order chi connectivity index (χ0) is 34.6. The smallest absolute Gasteiger partial charge is 0.267 e. The Morgan fingerprint density at radius 3 is 2.69 bits per heavy atom. The number of aromatic nitrogens is 2. The first-order valence-electron chi connectivity index (χ1n) is 17.7. The standard InChI is InChI=1S/C35H47N7O5S2/c1-4-24-19-48-32(38-24)39-27(22(2)3)30(44)42-21-34(20-33(34)13-14-33)18-25(42)29(43)40-35-17-23(35)11-8-6-5-7-9-15-36-28-26(12-10-16-37-28)49(46,47)41-31(35)45/h8,10-12,16,19,22-23,25,27H,4-7,9,13-15,17-18,20-21H2,1-3H3,(H,36,37)(H,38,39)(H,40,43)(H,41,45)/b11-8-/t23-,25+,27?,34?,35-/m1/s1. The molecular formula is C35H47N7O5S2. The van der Waals surface area contributed by atoms with Crippen molar-refractivity contribution < 1.29 is 22.8 Å². The largest absolute Gasteiger partial charge is 0.369 e. The number of hydrogen-bond acceptors (Lipinski definition) is 10. The van der Waals surface area contributed by atoms with Crippen molar-refractivity contribution in [1.82, 2.24) is 24.9 Å². The second-order valence-electron chi connectivity index (χ2n) is 15.0. The van der Waals surface area contributed by atoms with Gasteiger partial charge >= 0.3 is 0 Å². The number of likely N-dealkylation sites (tertiary alicyclic amines) is 1. The van der Waals surface area contributed by atoms with Gasteiger partial charge in [0.2, 0.25) is 11.8 Å². The van der Waals surface area contributed by atoms with E-state index >= 15 is 0 Å². The van der Waals surface area contributed by atoms with E-state index in [1.165, 1.54) is 29.7 Å². The molecule has 4 N–H and O–H groups in total. The summed E-state index contributed by atoms with van der Waals surface area (Å²) in [6.45, 7) is 7.05. The molecule has 2 aromatic heterocycles. The number of aryl methyl sites for hydroxylation is 1. The highest BCUT2D eigenvalue weighted by Crippen LogP contribution is 2.81. The molecule has 7 rings (SSSR count). The minimum atomic E-state index is -4.32. The summed E-state index contributed by atoms with van der Waals surface area (Å²) < 4.78 is 29.5. The molecule has 4 heterocycles. The third kappa shape index (κ3) is 6.34. The Hall–Kier alpha value is -3.52. The van der Waals surface area contributed by atoms with Crippen LogP contribution in [0.25, 0.3) is 0 Å². The van der Waals surface area contributed by atoms with Crippen molar-refractivity contribution in [3.8, 4) is 0 Å². The van der Waals surface area contributed by atoms with Crippen LogP contribution in [0.15, 0.2) is 40.8 Å². The summed E-state index contributed by atoms with van der Waals surface area (Å²) in [4.78, 5) is 53.3. The van der Waals surface area contributed by atoms with Crippen LogP contribution in [-0.2, 0) is 30.8 Å². The lowest BCUT2D eigenvalue weighted by molar-refractivity contribution is -0.140. The average molecular weight is 710 g/mol. The Morgan fingerprint density at radius 2 is 1.98 bits per heavy atom. The Morgan fingerprint density at radius 1 is 1.16 bits per heavy atom. The van der Waals surface area contributed by atoms with Crippen LogP contribution in [0.3, 0.4) is 0 Å². The molecule has 14 heteroatoms. The van der Waals surface area contributed by atoms with Crippen molar-refractivity contribution in [2.75, 3.05) is 23.7 Å². The molecule has 0 bridgehead atoms. The predicted molar refractivity (Wildman–Crippen MR) is 187 cm³/mol. The van der Waals surface area contributed by atoms with Crippen LogP contribution in [0.1, 0.15) is 84.3 Å². The minimum absolute atomic E-state index is 0.0704. The molecule has 4 fully saturated rings. The zero-order valence-electron chi connectivity index (χ0n) is 28.5. The van der Waals surface area contributed by atoms with Crippen molar-refractivity contribution in [1.29, 1.82) is 0 Å². The fourth-order valence-corrected chi connectivity index (χ4v) is 10.1. The third-order valence-electron chi connectivity index (χ3n) is 11.4. The summed E-state index contributed by atoms with van der Waals surface area (Å²) in [5.74, 6) is -1.61. The lowest BCUT2D eigenvalue weighted by Gasteiger charge is -2.31. The van der Waals surface area contributed by atoms with Crippen LogP contribution in [0.4, 0.5) is 10.9 Å². The summed E-state index contributed by atoms with van der Waals surface area (Å²) in [5.41, 5.74) is -0.384. The van der Waals surface area contributed by atoms with E-state index in [9.17, 15) is 22.8 Å². The van der Waals surface area contributed by atoms with E-state index in [0.29, 0.717) is 24.6 Å². The van der Waals surface area contributed by atoms with Gasteiger partial charge in [-0.05, 0) is 86.7 Å². The number of rotatable bonds is 7. The highest BCUT2D eigenvalue weighted by Gasteiger charge is 2.77. The fourth-order valence-electron chi connectivity index (χ4n) is 8.11. The maximum absolute atomic E-state index is 14.4. The molecule has 2 aromatic rings. The number of carbonyl (C=O) groups is 3. The molecule has 5 atom stereocenters. The number of thiazole rings is 1. The highest BCUT2D eigenvalue weighted by atomic mass is 32.2. The van der Waals surface area contributed by atoms with Crippen LogP contribution < -0.4 is 20.7 Å². The van der Waals surface area contributed by atoms with E-state index in [0.717, 1.165) is 57.1 Å². The van der Waals surface area contributed by atoms with Gasteiger partial charge in [0.05, 0.1) is 5.69 Å². The second kappa shape index (κ2) is 12.7. The van der Waals surface area contributed by atoms with E-state index < -0.39 is 39.5 Å². The van der Waals surface area contributed by atoms with E-state index in [1.807, 2.05) is 38.3 Å². The molecule has 0 aromatic carbocycles. The molecule has 3 aliphatic carbocycles. The molecule has 1 saturated heterocycles. The second-order valence-corrected chi connectivity index (χ2v) is 17.6. The lowest BCUT2D eigenvalue weighted by atomic mass is 9.98. The molecule has 5 aliphatic rings. The van der Waals surface area contributed by atoms with Gasteiger partial charge in [-0.25, -0.2) is 23.1 Å². The van der Waals surface area contributed by atoms with Gasteiger partial charge in [0.25, 0.3) is 15.9 Å². The first kappa shape index (κ1) is 34.0. The number of nitrogens with zero attached hydrogens (tertiary/aromatic N) is 3. The average Bonchev–Trinajstić information content (AvgIpc) is 4.00. The van der Waals surface area contributed by atoms with Gasteiger partial charge in [-0.15, -0.1) is 11.3 Å². The summed E-state index contributed by atoms with van der Waals surface area (Å²) in [7, 11) is -4.32. The van der Waals surface area contributed by atoms with Gasteiger partial charge in [0.1, 0.15) is 28.3 Å². The summed E-state index contributed by atoms with van der Waals surface area (Å²) in [6.07, 6.45) is 13.8. The number of anilines is 2. The molecule has 3 saturated carbocycles. The number of allylic oxidation sites excluding steroid dienone is 1. The maximum atomic E-state index is 14.4. The normalized spacial score (nSPS) is 30.9. The summed E-state index contributed by atoms with van der Waals surface area (Å²) in [6, 6.07) is 1.57. The molecule has 2 spiro atoms. The molecule has 3 amide bonds. The molecule has 2 unspecified atom stereocenters. The van der Waals surface area contributed by atoms with Gasteiger partial charge in [0.15, 0.2) is 5.13 Å². The number of carbonyl (C=O) groups excluding carboxylic acids is 3. The fraction of sp³-hybridized carbons (Fsp3) is 0.629. The topological polar surface area (TPSA) is 162 Å². The van der Waals surface area contributed by atoms with Crippen LogP contribution in [-0.4, -0.2) is 71.7 Å². The van der Waals surface area contributed by atoms with Crippen LogP contribution in [0.5, 0.6) is 0 Å². The van der Waals surface area contributed by atoms with Crippen molar-refractivity contribution >= 4 is 50.0 Å². The molecule has 0 radical (unpaired) electrons. The lowest BCUT2D eigenvalue weighted by Crippen LogP contribution is -2.57. The Labute approximate surface area is 292 Å². The quantitative estimate of drug-likeness (QED) is 0.308. The maximum Gasteiger partial charge on any atom is 0.267 e. The number of amides is 3. The molecule has 264 valence electrons. The van der Waals surface area contributed by atoms with Gasteiger partial charge in [0, 0.05) is 30.6 Å². The molecule has 49 heavy (non-hydrogen) atoms. The van der Waals surface area contributed by atoms with E-state index in [1.54, 1.807) is 4.90 Å².